The molecule has 2 heterocycles. The molecule has 0 saturated heterocycles. The van der Waals surface area contributed by atoms with E-state index >= 15 is 0 Å². The molecule has 5 heteroatoms. The molecule has 0 radical (unpaired) electrons. The van der Waals surface area contributed by atoms with Gasteiger partial charge in [-0.05, 0) is 24.8 Å². The molecular formula is C13H15F2N3. The Kier molecular flexibility index (Phi) is 2.50. The largest absolute Gasteiger partial charge is 0.398 e. The second-order valence-corrected chi connectivity index (χ2v) is 5.02. The van der Waals surface area contributed by atoms with Crippen LogP contribution in [0.4, 0.5) is 14.5 Å². The molecule has 3 nitrogen and oxygen atoms in total. The van der Waals surface area contributed by atoms with Crippen molar-refractivity contribution >= 4 is 11.3 Å². The van der Waals surface area contributed by atoms with E-state index in [-0.39, 0.29) is 18.8 Å². The highest BCUT2D eigenvalue weighted by atomic mass is 19.3. The molecule has 0 spiro atoms. The number of pyridine rings is 1. The van der Waals surface area contributed by atoms with Crippen LogP contribution in [-0.2, 0) is 0 Å². The number of nitrogens with two attached hydrogens (primary N) is 1. The van der Waals surface area contributed by atoms with E-state index in [2.05, 4.69) is 4.98 Å². The van der Waals surface area contributed by atoms with Gasteiger partial charge in [-0.1, -0.05) is 0 Å². The van der Waals surface area contributed by atoms with Gasteiger partial charge in [-0.15, -0.1) is 0 Å². The van der Waals surface area contributed by atoms with Gasteiger partial charge >= 0.3 is 0 Å². The summed E-state index contributed by atoms with van der Waals surface area (Å²) in [6.45, 7) is 0. The fraction of sp³-hybridized carbons (Fsp3) is 0.462. The van der Waals surface area contributed by atoms with Gasteiger partial charge in [0, 0.05) is 42.7 Å². The van der Waals surface area contributed by atoms with E-state index < -0.39 is 5.92 Å². The number of alkyl halides is 2. The Morgan fingerprint density at radius 2 is 2.06 bits per heavy atom. The predicted molar refractivity (Wildman–Crippen MR) is 65.8 cm³/mol. The number of hydrogen-bond acceptors (Lipinski definition) is 2. The number of anilines is 1. The Morgan fingerprint density at radius 3 is 2.78 bits per heavy atom. The van der Waals surface area contributed by atoms with Crippen LogP contribution in [0.5, 0.6) is 0 Å². The van der Waals surface area contributed by atoms with Crippen LogP contribution in [-0.4, -0.2) is 15.3 Å². The molecule has 0 unspecified atom stereocenters. The Labute approximate surface area is 104 Å². The SMILES string of the molecule is Nc1cc(C2CCC(F)(F)CC2)c2nccn2c1. The quantitative estimate of drug-likeness (QED) is 0.845. The lowest BCUT2D eigenvalue weighted by molar-refractivity contribution is -0.0381. The molecule has 96 valence electrons. The van der Waals surface area contributed by atoms with Crippen molar-refractivity contribution in [3.63, 3.8) is 0 Å². The average Bonchev–Trinajstić information content (AvgIpc) is 2.76. The van der Waals surface area contributed by atoms with Gasteiger partial charge < -0.3 is 10.1 Å². The zero-order valence-electron chi connectivity index (χ0n) is 9.94. The summed E-state index contributed by atoms with van der Waals surface area (Å²) < 4.78 is 28.2. The van der Waals surface area contributed by atoms with Crippen LogP contribution in [0, 0.1) is 0 Å². The van der Waals surface area contributed by atoms with Crippen molar-refractivity contribution in [1.29, 1.82) is 0 Å². The minimum absolute atomic E-state index is 0.0423. The van der Waals surface area contributed by atoms with Gasteiger partial charge in [-0.25, -0.2) is 13.8 Å². The normalized spacial score (nSPS) is 20.3. The molecule has 0 atom stereocenters. The monoisotopic (exact) mass is 251 g/mol. The fourth-order valence-electron chi connectivity index (χ4n) is 2.73. The maximum absolute atomic E-state index is 13.2. The van der Waals surface area contributed by atoms with Crippen molar-refractivity contribution in [3.05, 3.63) is 30.2 Å². The molecule has 0 aliphatic heterocycles. The van der Waals surface area contributed by atoms with Crippen LogP contribution in [0.15, 0.2) is 24.7 Å². The molecule has 0 amide bonds. The van der Waals surface area contributed by atoms with Gasteiger partial charge in [0.15, 0.2) is 0 Å². The van der Waals surface area contributed by atoms with Crippen molar-refractivity contribution in [2.75, 3.05) is 5.73 Å². The summed E-state index contributed by atoms with van der Waals surface area (Å²) in [4.78, 5) is 4.29. The third-order valence-corrected chi connectivity index (χ3v) is 3.69. The lowest BCUT2D eigenvalue weighted by atomic mass is 9.82. The second-order valence-electron chi connectivity index (χ2n) is 5.02. The zero-order valence-corrected chi connectivity index (χ0v) is 9.94. The third-order valence-electron chi connectivity index (χ3n) is 3.69. The van der Waals surface area contributed by atoms with Crippen LogP contribution < -0.4 is 5.73 Å². The van der Waals surface area contributed by atoms with Gasteiger partial charge in [0.05, 0.1) is 0 Å². The van der Waals surface area contributed by atoms with Crippen LogP contribution in [0.3, 0.4) is 0 Å². The van der Waals surface area contributed by atoms with Gasteiger partial charge in [-0.3, -0.25) is 0 Å². The molecule has 1 aliphatic rings. The number of hydrogen-bond donors (Lipinski definition) is 1. The first-order valence-electron chi connectivity index (χ1n) is 6.15. The van der Waals surface area contributed by atoms with Crippen molar-refractivity contribution in [2.24, 2.45) is 0 Å². The van der Waals surface area contributed by atoms with Crippen LogP contribution in [0.25, 0.3) is 5.65 Å². The van der Waals surface area contributed by atoms with Gasteiger partial charge in [0.1, 0.15) is 5.65 Å². The number of fused-ring (bicyclic) bond motifs is 1. The first kappa shape index (κ1) is 11.4. The number of rotatable bonds is 1. The number of halogens is 2. The summed E-state index contributed by atoms with van der Waals surface area (Å²) in [6, 6.07) is 1.87. The van der Waals surface area contributed by atoms with Crippen LogP contribution in [0.1, 0.15) is 37.2 Å². The Morgan fingerprint density at radius 1 is 1.33 bits per heavy atom. The van der Waals surface area contributed by atoms with Crippen LogP contribution >= 0.6 is 0 Å². The molecule has 2 N–H and O–H groups in total. The summed E-state index contributed by atoms with van der Waals surface area (Å²) in [5, 5.41) is 0. The van der Waals surface area contributed by atoms with Crippen molar-refractivity contribution in [2.45, 2.75) is 37.5 Å². The molecule has 2 aromatic rings. The minimum atomic E-state index is -2.50. The average molecular weight is 251 g/mol. The fourth-order valence-corrected chi connectivity index (χ4v) is 2.73. The predicted octanol–water partition coefficient (Wildman–Crippen LogP) is 3.21. The third kappa shape index (κ3) is 1.94. The lowest BCUT2D eigenvalue weighted by Crippen LogP contribution is -2.24. The zero-order chi connectivity index (χ0) is 12.8. The molecule has 2 aromatic heterocycles. The highest BCUT2D eigenvalue weighted by Crippen LogP contribution is 2.42. The van der Waals surface area contributed by atoms with E-state index in [1.165, 1.54) is 0 Å². The second kappa shape index (κ2) is 3.93. The molecule has 0 bridgehead atoms. The van der Waals surface area contributed by atoms with Crippen molar-refractivity contribution < 1.29 is 8.78 Å². The Bertz CT molecular complexity index is 567. The Balaban J connectivity index is 1.97. The molecule has 18 heavy (non-hydrogen) atoms. The highest BCUT2D eigenvalue weighted by Gasteiger charge is 2.36. The lowest BCUT2D eigenvalue weighted by Gasteiger charge is -2.28. The number of aromatic nitrogens is 2. The van der Waals surface area contributed by atoms with Gasteiger partial charge in [0.2, 0.25) is 5.92 Å². The number of imidazole rings is 1. The standard InChI is InChI=1S/C13H15F2N3/c14-13(15)3-1-9(2-4-13)11-7-10(16)8-18-6-5-17-12(11)18/h5-9H,1-4,16H2. The summed E-state index contributed by atoms with van der Waals surface area (Å²) in [6.07, 6.45) is 6.24. The van der Waals surface area contributed by atoms with E-state index in [1.54, 1.807) is 12.4 Å². The number of nitrogens with zero attached hydrogens (tertiary/aromatic N) is 2. The number of nitrogen functional groups attached to an aromatic ring is 1. The Hall–Kier alpha value is -1.65. The van der Waals surface area contributed by atoms with E-state index in [4.69, 9.17) is 5.73 Å². The molecule has 0 aromatic carbocycles. The molecule has 1 saturated carbocycles. The van der Waals surface area contributed by atoms with E-state index in [0.717, 1.165) is 11.2 Å². The maximum atomic E-state index is 13.2. The summed E-state index contributed by atoms with van der Waals surface area (Å²) in [7, 11) is 0. The maximum Gasteiger partial charge on any atom is 0.248 e. The van der Waals surface area contributed by atoms with Crippen molar-refractivity contribution in [3.8, 4) is 0 Å². The van der Waals surface area contributed by atoms with Gasteiger partial charge in [-0.2, -0.15) is 0 Å². The topological polar surface area (TPSA) is 43.3 Å². The molecular weight excluding hydrogens is 236 g/mol. The minimum Gasteiger partial charge on any atom is -0.398 e. The van der Waals surface area contributed by atoms with E-state index in [1.807, 2.05) is 16.7 Å². The first-order chi connectivity index (χ1) is 8.55. The van der Waals surface area contributed by atoms with Gasteiger partial charge in [0.25, 0.3) is 0 Å². The summed E-state index contributed by atoms with van der Waals surface area (Å²) >= 11 is 0. The smallest absolute Gasteiger partial charge is 0.248 e. The summed E-state index contributed by atoms with van der Waals surface area (Å²) in [5.74, 6) is -2.36. The first-order valence-corrected chi connectivity index (χ1v) is 6.15. The van der Waals surface area contributed by atoms with E-state index in [9.17, 15) is 8.78 Å². The van der Waals surface area contributed by atoms with Crippen molar-refractivity contribution in [1.82, 2.24) is 9.38 Å². The molecule has 3 rings (SSSR count). The van der Waals surface area contributed by atoms with Crippen LogP contribution in [0.2, 0.25) is 0 Å². The summed E-state index contributed by atoms with van der Waals surface area (Å²) in [5.41, 5.74) is 8.32. The molecule has 1 aliphatic carbocycles. The molecule has 1 fully saturated rings. The van der Waals surface area contributed by atoms with E-state index in [0.29, 0.717) is 18.5 Å². The highest BCUT2D eigenvalue weighted by molar-refractivity contribution is 5.56.